The van der Waals surface area contributed by atoms with Crippen LogP contribution in [0.25, 0.3) is 0 Å². The molecule has 1 unspecified atom stereocenters. The third-order valence-electron chi connectivity index (χ3n) is 3.37. The van der Waals surface area contributed by atoms with Crippen molar-refractivity contribution >= 4 is 5.97 Å². The maximum Gasteiger partial charge on any atom is 0.401 e. The van der Waals surface area contributed by atoms with Crippen molar-refractivity contribution in [1.82, 2.24) is 10.2 Å². The van der Waals surface area contributed by atoms with Crippen LogP contribution in [0.15, 0.2) is 0 Å². The molecular formula is C13H25F3N2O2. The molecule has 20 heavy (non-hydrogen) atoms. The summed E-state index contributed by atoms with van der Waals surface area (Å²) < 4.78 is 37.1. The number of unbranched alkanes of at least 4 members (excludes halogenated alkanes) is 1. The lowest BCUT2D eigenvalue weighted by Gasteiger charge is -2.26. The molecule has 0 heterocycles. The van der Waals surface area contributed by atoms with Crippen LogP contribution in [0.2, 0.25) is 0 Å². The smallest absolute Gasteiger partial charge is 0.401 e. The van der Waals surface area contributed by atoms with Crippen LogP contribution < -0.4 is 5.32 Å². The van der Waals surface area contributed by atoms with Crippen LogP contribution >= 0.6 is 0 Å². The van der Waals surface area contributed by atoms with E-state index in [1.807, 2.05) is 6.92 Å². The molecule has 0 saturated heterocycles. The third-order valence-corrected chi connectivity index (χ3v) is 3.37. The molecule has 2 N–H and O–H groups in total. The first-order chi connectivity index (χ1) is 9.14. The first kappa shape index (κ1) is 19.2. The number of halogens is 3. The average molecular weight is 298 g/mol. The quantitative estimate of drug-likeness (QED) is 0.608. The monoisotopic (exact) mass is 298 g/mol. The Labute approximate surface area is 118 Å². The zero-order chi connectivity index (χ0) is 15.8. The average Bonchev–Trinajstić information content (AvgIpc) is 2.32. The third kappa shape index (κ3) is 7.69. The molecule has 0 aliphatic carbocycles. The SMILES string of the molecule is CCCN(CCCCC(C)(NC)C(=O)O)CC(F)(F)F. The van der Waals surface area contributed by atoms with Crippen molar-refractivity contribution in [1.29, 1.82) is 0 Å². The number of hydrogen-bond acceptors (Lipinski definition) is 3. The van der Waals surface area contributed by atoms with Crippen LogP contribution in [0.4, 0.5) is 13.2 Å². The van der Waals surface area contributed by atoms with E-state index in [0.717, 1.165) is 0 Å². The minimum atomic E-state index is -4.18. The number of nitrogens with zero attached hydrogens (tertiary/aromatic N) is 1. The van der Waals surface area contributed by atoms with Gasteiger partial charge in [0.05, 0.1) is 6.54 Å². The van der Waals surface area contributed by atoms with E-state index in [-0.39, 0.29) is 0 Å². The molecule has 0 aromatic heterocycles. The lowest BCUT2D eigenvalue weighted by Crippen LogP contribution is -2.47. The molecule has 120 valence electrons. The van der Waals surface area contributed by atoms with E-state index in [1.165, 1.54) is 4.90 Å². The van der Waals surface area contributed by atoms with Gasteiger partial charge in [-0.2, -0.15) is 13.2 Å². The predicted molar refractivity (Wildman–Crippen MR) is 71.7 cm³/mol. The van der Waals surface area contributed by atoms with Crippen molar-refractivity contribution in [2.45, 2.75) is 51.2 Å². The highest BCUT2D eigenvalue weighted by Gasteiger charge is 2.31. The van der Waals surface area contributed by atoms with Crippen molar-refractivity contribution in [3.05, 3.63) is 0 Å². The highest BCUT2D eigenvalue weighted by atomic mass is 19.4. The van der Waals surface area contributed by atoms with Gasteiger partial charge < -0.3 is 10.4 Å². The van der Waals surface area contributed by atoms with E-state index >= 15 is 0 Å². The van der Waals surface area contributed by atoms with Gasteiger partial charge in [0.15, 0.2) is 0 Å². The number of likely N-dealkylation sites (N-methyl/N-ethyl adjacent to an activating group) is 1. The molecule has 0 rings (SSSR count). The van der Waals surface area contributed by atoms with Crippen LogP contribution in [0.1, 0.15) is 39.5 Å². The number of carbonyl (C=O) groups is 1. The van der Waals surface area contributed by atoms with Crippen LogP contribution in [0.3, 0.4) is 0 Å². The number of carboxylic acid groups (broad SMARTS) is 1. The summed E-state index contributed by atoms with van der Waals surface area (Å²) >= 11 is 0. The summed E-state index contributed by atoms with van der Waals surface area (Å²) in [7, 11) is 1.57. The highest BCUT2D eigenvalue weighted by molar-refractivity contribution is 5.78. The van der Waals surface area contributed by atoms with Gasteiger partial charge in [0.25, 0.3) is 0 Å². The van der Waals surface area contributed by atoms with Crippen LogP contribution in [-0.2, 0) is 4.79 Å². The zero-order valence-electron chi connectivity index (χ0n) is 12.4. The molecular weight excluding hydrogens is 273 g/mol. The van der Waals surface area contributed by atoms with E-state index in [9.17, 15) is 18.0 Å². The first-order valence-corrected chi connectivity index (χ1v) is 6.86. The lowest BCUT2D eigenvalue weighted by atomic mass is 9.95. The largest absolute Gasteiger partial charge is 0.480 e. The second-order valence-corrected chi connectivity index (χ2v) is 5.24. The van der Waals surface area contributed by atoms with E-state index < -0.39 is 24.2 Å². The molecule has 7 heteroatoms. The highest BCUT2D eigenvalue weighted by Crippen LogP contribution is 2.18. The zero-order valence-corrected chi connectivity index (χ0v) is 12.4. The summed E-state index contributed by atoms with van der Waals surface area (Å²) in [5.41, 5.74) is -1.01. The Morgan fingerprint density at radius 1 is 1.25 bits per heavy atom. The molecule has 0 saturated carbocycles. The summed E-state index contributed by atoms with van der Waals surface area (Å²) in [6.07, 6.45) is -2.00. The predicted octanol–water partition coefficient (Wildman–Crippen LogP) is 2.49. The Morgan fingerprint density at radius 2 is 1.85 bits per heavy atom. The summed E-state index contributed by atoms with van der Waals surface area (Å²) in [6.45, 7) is 3.26. The van der Waals surface area contributed by atoms with Crippen molar-refractivity contribution in [2.75, 3.05) is 26.7 Å². The van der Waals surface area contributed by atoms with Crippen molar-refractivity contribution < 1.29 is 23.1 Å². The summed E-state index contributed by atoms with van der Waals surface area (Å²) in [6, 6.07) is 0. The van der Waals surface area contributed by atoms with Gasteiger partial charge in [0, 0.05) is 0 Å². The number of carboxylic acids is 1. The minimum absolute atomic E-state index is 0.340. The summed E-state index contributed by atoms with van der Waals surface area (Å²) in [4.78, 5) is 12.4. The first-order valence-electron chi connectivity index (χ1n) is 6.86. The fourth-order valence-electron chi connectivity index (χ4n) is 1.99. The molecule has 0 bridgehead atoms. The van der Waals surface area contributed by atoms with Crippen LogP contribution in [0.5, 0.6) is 0 Å². The topological polar surface area (TPSA) is 52.6 Å². The lowest BCUT2D eigenvalue weighted by molar-refractivity contribution is -0.146. The standard InChI is InChI=1S/C13H25F3N2O2/c1-4-8-18(10-13(14,15)16)9-6-5-7-12(2,17-3)11(19)20/h17H,4-10H2,1-3H3,(H,19,20). The molecule has 0 aromatic rings. The number of nitrogens with one attached hydrogen (secondary N) is 1. The second-order valence-electron chi connectivity index (χ2n) is 5.24. The molecule has 4 nitrogen and oxygen atoms in total. The minimum Gasteiger partial charge on any atom is -0.480 e. The Balaban J connectivity index is 4.15. The molecule has 0 aromatic carbocycles. The number of rotatable bonds is 10. The Kier molecular flexibility index (Phi) is 8.12. The van der Waals surface area contributed by atoms with Crippen LogP contribution in [-0.4, -0.2) is 54.4 Å². The summed E-state index contributed by atoms with van der Waals surface area (Å²) in [5.74, 6) is -0.944. The number of hydrogen-bond donors (Lipinski definition) is 2. The maximum absolute atomic E-state index is 12.4. The summed E-state index contributed by atoms with van der Waals surface area (Å²) in [5, 5.41) is 11.8. The molecule has 0 fully saturated rings. The van der Waals surface area contributed by atoms with E-state index in [1.54, 1.807) is 14.0 Å². The van der Waals surface area contributed by atoms with Gasteiger partial charge in [-0.25, -0.2) is 0 Å². The maximum atomic E-state index is 12.4. The van der Waals surface area contributed by atoms with Gasteiger partial charge in [-0.3, -0.25) is 9.69 Å². The molecule has 1 atom stereocenters. The van der Waals surface area contributed by atoms with Crippen molar-refractivity contribution in [3.63, 3.8) is 0 Å². The van der Waals surface area contributed by atoms with Gasteiger partial charge in [0.2, 0.25) is 0 Å². The number of alkyl halides is 3. The Hall–Kier alpha value is -0.820. The van der Waals surface area contributed by atoms with Gasteiger partial charge in [-0.1, -0.05) is 6.92 Å². The number of aliphatic carboxylic acids is 1. The fraction of sp³-hybridized carbons (Fsp3) is 0.923. The Morgan fingerprint density at radius 3 is 2.25 bits per heavy atom. The van der Waals surface area contributed by atoms with Gasteiger partial charge >= 0.3 is 12.1 Å². The van der Waals surface area contributed by atoms with E-state index in [2.05, 4.69) is 5.32 Å². The van der Waals surface area contributed by atoms with Crippen molar-refractivity contribution in [3.8, 4) is 0 Å². The van der Waals surface area contributed by atoms with Gasteiger partial charge in [-0.05, 0) is 52.7 Å². The van der Waals surface area contributed by atoms with Crippen molar-refractivity contribution in [2.24, 2.45) is 0 Å². The molecule has 0 aliphatic rings. The van der Waals surface area contributed by atoms with Gasteiger partial charge in [-0.15, -0.1) is 0 Å². The van der Waals surface area contributed by atoms with E-state index in [4.69, 9.17) is 5.11 Å². The fourth-order valence-corrected chi connectivity index (χ4v) is 1.99. The molecule has 0 spiro atoms. The Bertz CT molecular complexity index is 298. The van der Waals surface area contributed by atoms with Crippen LogP contribution in [0, 0.1) is 0 Å². The second kappa shape index (κ2) is 8.46. The molecule has 0 radical (unpaired) electrons. The van der Waals surface area contributed by atoms with E-state index in [0.29, 0.717) is 38.8 Å². The molecule has 0 amide bonds. The van der Waals surface area contributed by atoms with Gasteiger partial charge in [0.1, 0.15) is 5.54 Å². The molecule has 0 aliphatic heterocycles. The normalized spacial score (nSPS) is 15.3.